The smallest absolute Gasteiger partial charge is 0.0238 e. The molecule has 0 aromatic heterocycles. The number of hydrogen-bond donors (Lipinski definition) is 2. The second kappa shape index (κ2) is 8.93. The molecule has 0 aromatic rings. The molecule has 0 saturated heterocycles. The SMILES string of the molecule is CCCCCCC(NN)C1CCC(CC)CC1. The largest absolute Gasteiger partial charge is 0.271 e. The van der Waals surface area contributed by atoms with Crippen LogP contribution in [0, 0.1) is 11.8 Å². The summed E-state index contributed by atoms with van der Waals surface area (Å²) in [6.45, 7) is 4.60. The van der Waals surface area contributed by atoms with Gasteiger partial charge in [0.1, 0.15) is 0 Å². The normalized spacial score (nSPS) is 27.0. The maximum absolute atomic E-state index is 5.74. The molecule has 3 N–H and O–H groups in total. The highest BCUT2D eigenvalue weighted by molar-refractivity contribution is 4.80. The molecule has 1 unspecified atom stereocenters. The molecule has 2 nitrogen and oxygen atoms in total. The lowest BCUT2D eigenvalue weighted by molar-refractivity contribution is 0.209. The van der Waals surface area contributed by atoms with Crippen molar-refractivity contribution in [1.82, 2.24) is 5.43 Å². The van der Waals surface area contributed by atoms with E-state index in [2.05, 4.69) is 19.3 Å². The van der Waals surface area contributed by atoms with E-state index in [-0.39, 0.29) is 0 Å². The van der Waals surface area contributed by atoms with Gasteiger partial charge in [0, 0.05) is 6.04 Å². The molecule has 0 aromatic carbocycles. The van der Waals surface area contributed by atoms with Crippen molar-refractivity contribution in [2.45, 2.75) is 84.1 Å². The van der Waals surface area contributed by atoms with Crippen LogP contribution in [-0.2, 0) is 0 Å². The van der Waals surface area contributed by atoms with Crippen molar-refractivity contribution in [1.29, 1.82) is 0 Å². The van der Waals surface area contributed by atoms with Crippen LogP contribution in [0.1, 0.15) is 78.1 Å². The highest BCUT2D eigenvalue weighted by Gasteiger charge is 2.25. The van der Waals surface area contributed by atoms with Gasteiger partial charge >= 0.3 is 0 Å². The van der Waals surface area contributed by atoms with Crippen LogP contribution in [-0.4, -0.2) is 6.04 Å². The van der Waals surface area contributed by atoms with Gasteiger partial charge < -0.3 is 0 Å². The van der Waals surface area contributed by atoms with Gasteiger partial charge in [-0.05, 0) is 31.1 Å². The molecule has 0 amide bonds. The van der Waals surface area contributed by atoms with Gasteiger partial charge in [0.2, 0.25) is 0 Å². The van der Waals surface area contributed by atoms with Crippen molar-refractivity contribution in [2.24, 2.45) is 17.7 Å². The highest BCUT2D eigenvalue weighted by atomic mass is 15.2. The van der Waals surface area contributed by atoms with E-state index in [1.165, 1.54) is 64.2 Å². The van der Waals surface area contributed by atoms with Gasteiger partial charge in [-0.1, -0.05) is 58.8 Å². The second-order valence-corrected chi connectivity index (χ2v) is 5.81. The third kappa shape index (κ3) is 5.39. The Balaban J connectivity index is 2.21. The summed E-state index contributed by atoms with van der Waals surface area (Å²) in [4.78, 5) is 0. The van der Waals surface area contributed by atoms with Gasteiger partial charge in [0.25, 0.3) is 0 Å². The summed E-state index contributed by atoms with van der Waals surface area (Å²) in [7, 11) is 0. The van der Waals surface area contributed by atoms with Crippen molar-refractivity contribution in [3.8, 4) is 0 Å². The lowest BCUT2D eigenvalue weighted by Gasteiger charge is -2.33. The Kier molecular flexibility index (Phi) is 7.87. The fourth-order valence-electron chi connectivity index (χ4n) is 3.24. The minimum atomic E-state index is 0.574. The Labute approximate surface area is 108 Å². The number of hydrazine groups is 1. The summed E-state index contributed by atoms with van der Waals surface area (Å²) in [6.07, 6.45) is 13.7. The zero-order valence-corrected chi connectivity index (χ0v) is 11.9. The van der Waals surface area contributed by atoms with Crippen molar-refractivity contribution >= 4 is 0 Å². The molecule has 2 heteroatoms. The van der Waals surface area contributed by atoms with E-state index in [0.29, 0.717) is 6.04 Å². The minimum absolute atomic E-state index is 0.574. The molecule has 0 spiro atoms. The summed E-state index contributed by atoms with van der Waals surface area (Å²) < 4.78 is 0. The van der Waals surface area contributed by atoms with Crippen LogP contribution in [0.5, 0.6) is 0 Å². The lowest BCUT2D eigenvalue weighted by Crippen LogP contribution is -2.42. The van der Waals surface area contributed by atoms with Gasteiger partial charge in [-0.3, -0.25) is 11.3 Å². The third-order valence-corrected chi connectivity index (χ3v) is 4.62. The molecule has 0 bridgehead atoms. The average Bonchev–Trinajstić information content (AvgIpc) is 2.39. The van der Waals surface area contributed by atoms with Gasteiger partial charge in [-0.25, -0.2) is 0 Å². The summed E-state index contributed by atoms with van der Waals surface area (Å²) in [5, 5.41) is 0. The van der Waals surface area contributed by atoms with E-state index in [0.717, 1.165) is 11.8 Å². The Bertz CT molecular complexity index is 174. The van der Waals surface area contributed by atoms with E-state index in [1.54, 1.807) is 0 Å². The van der Waals surface area contributed by atoms with Crippen LogP contribution in [0.25, 0.3) is 0 Å². The quantitative estimate of drug-likeness (QED) is 0.382. The first kappa shape index (κ1) is 15.0. The Morgan fingerprint density at radius 2 is 1.76 bits per heavy atom. The molecule has 102 valence electrons. The van der Waals surface area contributed by atoms with Crippen LogP contribution in [0.2, 0.25) is 0 Å². The number of nitrogens with one attached hydrogen (secondary N) is 1. The first-order valence-electron chi connectivity index (χ1n) is 7.77. The van der Waals surface area contributed by atoms with E-state index in [1.807, 2.05) is 0 Å². The van der Waals surface area contributed by atoms with Crippen molar-refractivity contribution in [3.05, 3.63) is 0 Å². The molecule has 1 aliphatic rings. The molecule has 1 rings (SSSR count). The lowest BCUT2D eigenvalue weighted by atomic mass is 9.76. The zero-order chi connectivity index (χ0) is 12.5. The molecule has 0 aliphatic heterocycles. The third-order valence-electron chi connectivity index (χ3n) is 4.62. The van der Waals surface area contributed by atoms with E-state index in [4.69, 9.17) is 5.84 Å². The monoisotopic (exact) mass is 240 g/mol. The summed E-state index contributed by atoms with van der Waals surface area (Å²) in [5.41, 5.74) is 3.08. The predicted octanol–water partition coefficient (Wildman–Crippen LogP) is 4.01. The van der Waals surface area contributed by atoms with E-state index >= 15 is 0 Å². The number of nitrogens with two attached hydrogens (primary N) is 1. The highest BCUT2D eigenvalue weighted by Crippen LogP contribution is 2.33. The molecule has 17 heavy (non-hydrogen) atoms. The van der Waals surface area contributed by atoms with Gasteiger partial charge in [0.15, 0.2) is 0 Å². The molecule has 1 atom stereocenters. The molecule has 1 fully saturated rings. The first-order chi connectivity index (χ1) is 8.31. The van der Waals surface area contributed by atoms with E-state index < -0.39 is 0 Å². The maximum Gasteiger partial charge on any atom is 0.0238 e. The number of rotatable bonds is 8. The molecule has 1 aliphatic carbocycles. The average molecular weight is 240 g/mol. The topological polar surface area (TPSA) is 38.0 Å². The summed E-state index contributed by atoms with van der Waals surface area (Å²) >= 11 is 0. The molecular formula is C15H32N2. The Morgan fingerprint density at radius 3 is 2.29 bits per heavy atom. The van der Waals surface area contributed by atoms with Crippen LogP contribution in [0.3, 0.4) is 0 Å². The van der Waals surface area contributed by atoms with Crippen LogP contribution in [0.4, 0.5) is 0 Å². The summed E-state index contributed by atoms with van der Waals surface area (Å²) in [6, 6.07) is 0.574. The predicted molar refractivity (Wildman–Crippen MR) is 75.6 cm³/mol. The van der Waals surface area contributed by atoms with Crippen molar-refractivity contribution < 1.29 is 0 Å². The molecule has 1 saturated carbocycles. The van der Waals surface area contributed by atoms with Gasteiger partial charge in [0.05, 0.1) is 0 Å². The summed E-state index contributed by atoms with van der Waals surface area (Å²) in [5.74, 6) is 7.56. The molecule has 0 heterocycles. The van der Waals surface area contributed by atoms with Gasteiger partial charge in [-0.15, -0.1) is 0 Å². The van der Waals surface area contributed by atoms with Crippen molar-refractivity contribution in [2.75, 3.05) is 0 Å². The second-order valence-electron chi connectivity index (χ2n) is 5.81. The number of unbranched alkanes of at least 4 members (excludes halogenated alkanes) is 3. The minimum Gasteiger partial charge on any atom is -0.271 e. The first-order valence-corrected chi connectivity index (χ1v) is 7.77. The molecule has 0 radical (unpaired) electrons. The Morgan fingerprint density at radius 1 is 1.06 bits per heavy atom. The Hall–Kier alpha value is -0.0800. The van der Waals surface area contributed by atoms with Crippen LogP contribution in [0.15, 0.2) is 0 Å². The van der Waals surface area contributed by atoms with Crippen LogP contribution < -0.4 is 11.3 Å². The fourth-order valence-corrected chi connectivity index (χ4v) is 3.24. The zero-order valence-electron chi connectivity index (χ0n) is 11.9. The maximum atomic E-state index is 5.74. The fraction of sp³-hybridized carbons (Fsp3) is 1.00. The molecular weight excluding hydrogens is 208 g/mol. The van der Waals surface area contributed by atoms with Crippen LogP contribution >= 0.6 is 0 Å². The van der Waals surface area contributed by atoms with E-state index in [9.17, 15) is 0 Å². The number of hydrogen-bond acceptors (Lipinski definition) is 2. The van der Waals surface area contributed by atoms with Crippen molar-refractivity contribution in [3.63, 3.8) is 0 Å². The standard InChI is InChI=1S/C15H32N2/c1-3-5-6-7-8-15(17-16)14-11-9-13(4-2)10-12-14/h13-15,17H,3-12,16H2,1-2H3. The van der Waals surface area contributed by atoms with Gasteiger partial charge in [-0.2, -0.15) is 0 Å².